The number of methoxy groups -OCH3 is 2. The highest BCUT2D eigenvalue weighted by Gasteiger charge is 2.27. The smallest absolute Gasteiger partial charge is 0.328 e. The number of nitrogens with zero attached hydrogens (tertiary/aromatic N) is 1. The Morgan fingerprint density at radius 1 is 1.24 bits per heavy atom. The molecule has 0 rings (SSSR count). The van der Waals surface area contributed by atoms with E-state index in [0.717, 1.165) is 0 Å². The SMILES string of the molecule is COCCN(CCC(=O)OC)C(=O)NC(C(=O)O)C(C)O. The van der Waals surface area contributed by atoms with Crippen LogP contribution in [-0.2, 0) is 19.1 Å². The Labute approximate surface area is 122 Å². The van der Waals surface area contributed by atoms with E-state index in [9.17, 15) is 19.5 Å². The zero-order valence-corrected chi connectivity index (χ0v) is 12.4. The fraction of sp³-hybridized carbons (Fsp3) is 0.750. The molecule has 0 saturated carbocycles. The van der Waals surface area contributed by atoms with Gasteiger partial charge in [0.05, 0.1) is 26.2 Å². The van der Waals surface area contributed by atoms with Crippen molar-refractivity contribution in [1.29, 1.82) is 0 Å². The number of carboxylic acid groups (broad SMARTS) is 1. The molecule has 0 aromatic rings. The average molecular weight is 306 g/mol. The van der Waals surface area contributed by atoms with Crippen LogP contribution in [0.25, 0.3) is 0 Å². The molecule has 0 aliphatic heterocycles. The summed E-state index contributed by atoms with van der Waals surface area (Å²) in [6.07, 6.45) is -1.28. The number of ether oxygens (including phenoxy) is 2. The number of nitrogens with one attached hydrogen (secondary N) is 1. The molecule has 0 bridgehead atoms. The van der Waals surface area contributed by atoms with Gasteiger partial charge < -0.3 is 29.9 Å². The topological polar surface area (TPSA) is 125 Å². The van der Waals surface area contributed by atoms with Gasteiger partial charge in [0.25, 0.3) is 0 Å². The molecule has 21 heavy (non-hydrogen) atoms. The number of amides is 2. The minimum Gasteiger partial charge on any atom is -0.480 e. The van der Waals surface area contributed by atoms with E-state index in [0.29, 0.717) is 0 Å². The number of urea groups is 1. The highest BCUT2D eigenvalue weighted by molar-refractivity contribution is 5.83. The van der Waals surface area contributed by atoms with Gasteiger partial charge in [0, 0.05) is 20.2 Å². The number of carbonyl (C=O) groups excluding carboxylic acids is 2. The van der Waals surface area contributed by atoms with Crippen LogP contribution in [-0.4, -0.2) is 79.1 Å². The number of rotatable bonds is 9. The third-order valence-electron chi connectivity index (χ3n) is 2.69. The normalized spacial score (nSPS) is 13.1. The fourth-order valence-corrected chi connectivity index (χ4v) is 1.46. The molecule has 2 unspecified atom stereocenters. The Morgan fingerprint density at radius 3 is 2.29 bits per heavy atom. The molecule has 0 fully saturated rings. The van der Waals surface area contributed by atoms with E-state index in [1.807, 2.05) is 0 Å². The molecule has 0 aromatic carbocycles. The first-order chi connectivity index (χ1) is 9.83. The predicted molar refractivity (Wildman–Crippen MR) is 71.7 cm³/mol. The second-order valence-electron chi connectivity index (χ2n) is 4.31. The van der Waals surface area contributed by atoms with Gasteiger partial charge in [-0.15, -0.1) is 0 Å². The summed E-state index contributed by atoms with van der Waals surface area (Å²) >= 11 is 0. The third kappa shape index (κ3) is 7.47. The van der Waals surface area contributed by atoms with Gasteiger partial charge in [-0.3, -0.25) is 4.79 Å². The highest BCUT2D eigenvalue weighted by atomic mass is 16.5. The summed E-state index contributed by atoms with van der Waals surface area (Å²) in [5.74, 6) is -1.84. The maximum atomic E-state index is 12.0. The molecule has 0 radical (unpaired) electrons. The van der Waals surface area contributed by atoms with Crippen LogP contribution in [0, 0.1) is 0 Å². The fourth-order valence-electron chi connectivity index (χ4n) is 1.46. The molecule has 0 aliphatic rings. The lowest BCUT2D eigenvalue weighted by molar-refractivity contribution is -0.142. The van der Waals surface area contributed by atoms with Crippen molar-refractivity contribution in [2.45, 2.75) is 25.5 Å². The molecule has 0 aliphatic carbocycles. The van der Waals surface area contributed by atoms with Gasteiger partial charge in [0.1, 0.15) is 0 Å². The summed E-state index contributed by atoms with van der Waals surface area (Å²) in [4.78, 5) is 35.3. The molecule has 0 spiro atoms. The van der Waals surface area contributed by atoms with Crippen molar-refractivity contribution in [2.75, 3.05) is 33.9 Å². The number of carboxylic acids is 1. The van der Waals surface area contributed by atoms with E-state index in [1.54, 1.807) is 0 Å². The van der Waals surface area contributed by atoms with E-state index < -0.39 is 30.1 Å². The van der Waals surface area contributed by atoms with Crippen LogP contribution in [0.1, 0.15) is 13.3 Å². The Kier molecular flexibility index (Phi) is 9.06. The Balaban J connectivity index is 4.68. The highest BCUT2D eigenvalue weighted by Crippen LogP contribution is 1.99. The van der Waals surface area contributed by atoms with E-state index in [-0.39, 0.29) is 26.1 Å². The minimum absolute atomic E-state index is 0.0277. The van der Waals surface area contributed by atoms with Crippen LogP contribution < -0.4 is 5.32 Å². The lowest BCUT2D eigenvalue weighted by Gasteiger charge is -2.25. The van der Waals surface area contributed by atoms with Crippen LogP contribution >= 0.6 is 0 Å². The number of aliphatic hydroxyl groups excluding tert-OH is 1. The predicted octanol–water partition coefficient (Wildman–Crippen LogP) is -0.958. The molecule has 9 heteroatoms. The Morgan fingerprint density at radius 2 is 1.86 bits per heavy atom. The maximum Gasteiger partial charge on any atom is 0.328 e. The van der Waals surface area contributed by atoms with Crippen molar-refractivity contribution in [1.82, 2.24) is 10.2 Å². The number of carbonyl (C=O) groups is 3. The molecular formula is C12H22N2O7. The summed E-state index contributed by atoms with van der Waals surface area (Å²) in [5.41, 5.74) is 0. The number of aliphatic carboxylic acids is 1. The van der Waals surface area contributed by atoms with Gasteiger partial charge >= 0.3 is 18.0 Å². The van der Waals surface area contributed by atoms with Crippen molar-refractivity contribution >= 4 is 18.0 Å². The molecule has 0 heterocycles. The number of hydrogen-bond donors (Lipinski definition) is 3. The molecule has 2 atom stereocenters. The number of esters is 1. The zero-order valence-electron chi connectivity index (χ0n) is 12.4. The van der Waals surface area contributed by atoms with Gasteiger partial charge in [0.15, 0.2) is 6.04 Å². The molecule has 2 amide bonds. The van der Waals surface area contributed by atoms with Crippen LogP contribution in [0.15, 0.2) is 0 Å². The molecular weight excluding hydrogens is 284 g/mol. The van der Waals surface area contributed by atoms with Crippen LogP contribution in [0.5, 0.6) is 0 Å². The second kappa shape index (κ2) is 9.94. The van der Waals surface area contributed by atoms with Crippen molar-refractivity contribution in [3.8, 4) is 0 Å². The molecule has 0 saturated heterocycles. The first-order valence-electron chi connectivity index (χ1n) is 6.35. The first-order valence-corrected chi connectivity index (χ1v) is 6.35. The lowest BCUT2D eigenvalue weighted by atomic mass is 10.2. The van der Waals surface area contributed by atoms with Gasteiger partial charge in [-0.25, -0.2) is 9.59 Å². The number of aliphatic hydroxyl groups is 1. The van der Waals surface area contributed by atoms with Crippen LogP contribution in [0.2, 0.25) is 0 Å². The summed E-state index contributed by atoms with van der Waals surface area (Å²) in [7, 11) is 2.68. The van der Waals surface area contributed by atoms with E-state index >= 15 is 0 Å². The van der Waals surface area contributed by atoms with Gasteiger partial charge in [-0.05, 0) is 6.92 Å². The monoisotopic (exact) mass is 306 g/mol. The third-order valence-corrected chi connectivity index (χ3v) is 2.69. The maximum absolute atomic E-state index is 12.0. The van der Waals surface area contributed by atoms with Crippen molar-refractivity contribution in [3.63, 3.8) is 0 Å². The summed E-state index contributed by atoms with van der Waals surface area (Å²) in [6.45, 7) is 1.70. The first kappa shape index (κ1) is 19.1. The number of hydrogen-bond acceptors (Lipinski definition) is 6. The minimum atomic E-state index is -1.43. The molecule has 9 nitrogen and oxygen atoms in total. The van der Waals surface area contributed by atoms with Crippen LogP contribution in [0.3, 0.4) is 0 Å². The molecule has 3 N–H and O–H groups in total. The van der Waals surface area contributed by atoms with Crippen molar-refractivity contribution in [3.05, 3.63) is 0 Å². The van der Waals surface area contributed by atoms with E-state index in [4.69, 9.17) is 9.84 Å². The molecule has 0 aromatic heterocycles. The van der Waals surface area contributed by atoms with Gasteiger partial charge in [-0.1, -0.05) is 0 Å². The standard InChI is InChI=1S/C12H22N2O7/c1-8(15)10(11(17)18)13-12(19)14(6-7-20-2)5-4-9(16)21-3/h8,10,15H,4-7H2,1-3H3,(H,13,19)(H,17,18). The lowest BCUT2D eigenvalue weighted by Crippen LogP contribution is -2.53. The van der Waals surface area contributed by atoms with Crippen molar-refractivity contribution < 1.29 is 34.1 Å². The molecule has 122 valence electrons. The van der Waals surface area contributed by atoms with Gasteiger partial charge in [-0.2, -0.15) is 0 Å². The second-order valence-corrected chi connectivity index (χ2v) is 4.31. The zero-order chi connectivity index (χ0) is 16.4. The Bertz CT molecular complexity index is 360. The van der Waals surface area contributed by atoms with Crippen molar-refractivity contribution in [2.24, 2.45) is 0 Å². The largest absolute Gasteiger partial charge is 0.480 e. The van der Waals surface area contributed by atoms with Gasteiger partial charge in [0.2, 0.25) is 0 Å². The Hall–Kier alpha value is -1.87. The van der Waals surface area contributed by atoms with E-state index in [2.05, 4.69) is 10.1 Å². The quantitative estimate of drug-likeness (QED) is 0.468. The summed E-state index contributed by atoms with van der Waals surface area (Å²) in [5, 5.41) is 20.4. The summed E-state index contributed by atoms with van der Waals surface area (Å²) in [6, 6.07) is -2.13. The van der Waals surface area contributed by atoms with Crippen LogP contribution in [0.4, 0.5) is 4.79 Å². The average Bonchev–Trinajstić information content (AvgIpc) is 2.43. The summed E-state index contributed by atoms with van der Waals surface area (Å²) < 4.78 is 9.33. The van der Waals surface area contributed by atoms with E-state index in [1.165, 1.54) is 26.0 Å².